The summed E-state index contributed by atoms with van der Waals surface area (Å²) in [5, 5.41) is 3.65. The summed E-state index contributed by atoms with van der Waals surface area (Å²) in [5.41, 5.74) is 6.47. The van der Waals surface area contributed by atoms with Gasteiger partial charge in [0.15, 0.2) is 0 Å². The monoisotopic (exact) mass is 400 g/mol. The van der Waals surface area contributed by atoms with Crippen LogP contribution in [-0.4, -0.2) is 41.4 Å². The minimum atomic E-state index is -0.0949. The first-order chi connectivity index (χ1) is 14.5. The molecule has 0 aliphatic carbocycles. The van der Waals surface area contributed by atoms with Crippen molar-refractivity contribution in [2.75, 3.05) is 24.5 Å². The molecule has 1 unspecified atom stereocenters. The maximum absolute atomic E-state index is 12.8. The van der Waals surface area contributed by atoms with Crippen molar-refractivity contribution in [2.45, 2.75) is 33.2 Å². The van der Waals surface area contributed by atoms with Crippen molar-refractivity contribution in [1.82, 2.24) is 15.3 Å². The summed E-state index contributed by atoms with van der Waals surface area (Å²) >= 11 is 0. The lowest BCUT2D eigenvalue weighted by Crippen LogP contribution is -2.52. The summed E-state index contributed by atoms with van der Waals surface area (Å²) in [4.78, 5) is 23.8. The van der Waals surface area contributed by atoms with Crippen molar-refractivity contribution >= 4 is 11.6 Å². The Kier molecular flexibility index (Phi) is 5.91. The predicted molar refractivity (Wildman–Crippen MR) is 120 cm³/mol. The number of hydrogen-bond donors (Lipinski definition) is 1. The fourth-order valence-corrected chi connectivity index (χ4v) is 4.32. The van der Waals surface area contributed by atoms with Gasteiger partial charge in [-0.05, 0) is 68.1 Å². The molecule has 1 fully saturated rings. The average molecular weight is 401 g/mol. The van der Waals surface area contributed by atoms with Gasteiger partial charge in [0.25, 0.3) is 0 Å². The van der Waals surface area contributed by atoms with Gasteiger partial charge in [-0.3, -0.25) is 9.78 Å². The molecular formula is C25H28N4O. The number of benzene rings is 1. The Morgan fingerprint density at radius 3 is 2.67 bits per heavy atom. The Hall–Kier alpha value is -3.05. The second-order valence-electron chi connectivity index (χ2n) is 8.13. The van der Waals surface area contributed by atoms with Gasteiger partial charge in [-0.25, -0.2) is 4.98 Å². The quantitative estimate of drug-likeness (QED) is 0.663. The third kappa shape index (κ3) is 4.41. The van der Waals surface area contributed by atoms with Crippen LogP contribution in [0.4, 0.5) is 5.82 Å². The van der Waals surface area contributed by atoms with E-state index in [1.165, 1.54) is 22.3 Å². The van der Waals surface area contributed by atoms with Gasteiger partial charge < -0.3 is 10.2 Å². The Labute approximate surface area is 178 Å². The molecule has 0 bridgehead atoms. The topological polar surface area (TPSA) is 58.1 Å². The average Bonchev–Trinajstić information content (AvgIpc) is 2.76. The van der Waals surface area contributed by atoms with E-state index in [2.05, 4.69) is 53.1 Å². The normalized spacial score (nSPS) is 16.5. The van der Waals surface area contributed by atoms with Crippen LogP contribution in [0.15, 0.2) is 54.9 Å². The predicted octanol–water partition coefficient (Wildman–Crippen LogP) is 3.65. The van der Waals surface area contributed by atoms with E-state index in [1.807, 2.05) is 12.1 Å². The van der Waals surface area contributed by atoms with Gasteiger partial charge in [0, 0.05) is 43.6 Å². The highest BCUT2D eigenvalue weighted by atomic mass is 16.1. The van der Waals surface area contributed by atoms with Crippen molar-refractivity contribution in [3.05, 3.63) is 88.4 Å². The van der Waals surface area contributed by atoms with Gasteiger partial charge in [0.2, 0.25) is 5.78 Å². The fourth-order valence-electron chi connectivity index (χ4n) is 4.32. The molecule has 0 saturated carbocycles. The number of piperazine rings is 1. The van der Waals surface area contributed by atoms with E-state index in [4.69, 9.17) is 0 Å². The molecule has 154 valence electrons. The zero-order valence-corrected chi connectivity index (χ0v) is 17.9. The Morgan fingerprint density at radius 2 is 1.93 bits per heavy atom. The number of nitrogens with one attached hydrogen (secondary N) is 1. The van der Waals surface area contributed by atoms with Crippen molar-refractivity contribution in [3.8, 4) is 0 Å². The number of hydrogen-bond acceptors (Lipinski definition) is 5. The molecule has 1 aliphatic heterocycles. The first-order valence-corrected chi connectivity index (χ1v) is 10.5. The summed E-state index contributed by atoms with van der Waals surface area (Å²) in [6, 6.07) is 14.1. The van der Waals surface area contributed by atoms with Crippen LogP contribution in [0, 0.1) is 20.8 Å². The summed E-state index contributed by atoms with van der Waals surface area (Å²) < 4.78 is 0. The van der Waals surface area contributed by atoms with Gasteiger partial charge in [-0.15, -0.1) is 0 Å². The summed E-state index contributed by atoms with van der Waals surface area (Å²) in [6.45, 7) is 9.19. The van der Waals surface area contributed by atoms with E-state index in [1.54, 1.807) is 30.6 Å². The van der Waals surface area contributed by atoms with Crippen LogP contribution in [0.5, 0.6) is 0 Å². The zero-order chi connectivity index (χ0) is 21.1. The second-order valence-corrected chi connectivity index (χ2v) is 8.13. The number of aryl methyl sites for hydroxylation is 3. The van der Waals surface area contributed by atoms with Crippen molar-refractivity contribution in [2.24, 2.45) is 0 Å². The number of aromatic nitrogens is 2. The van der Waals surface area contributed by atoms with Crippen molar-refractivity contribution in [3.63, 3.8) is 0 Å². The second kappa shape index (κ2) is 8.76. The smallest absolute Gasteiger partial charge is 0.212 e. The zero-order valence-electron chi connectivity index (χ0n) is 17.9. The maximum Gasteiger partial charge on any atom is 0.212 e. The Morgan fingerprint density at radius 1 is 1.13 bits per heavy atom. The molecule has 5 heteroatoms. The van der Waals surface area contributed by atoms with Gasteiger partial charge in [-0.1, -0.05) is 23.8 Å². The minimum absolute atomic E-state index is 0.0949. The van der Waals surface area contributed by atoms with Gasteiger partial charge in [0.1, 0.15) is 11.5 Å². The van der Waals surface area contributed by atoms with Crippen LogP contribution in [0.1, 0.15) is 38.3 Å². The summed E-state index contributed by atoms with van der Waals surface area (Å²) in [7, 11) is 0. The van der Waals surface area contributed by atoms with E-state index < -0.39 is 0 Å². The van der Waals surface area contributed by atoms with E-state index in [0.29, 0.717) is 17.3 Å². The number of ketones is 1. The summed E-state index contributed by atoms with van der Waals surface area (Å²) in [6.07, 6.45) is 4.24. The highest BCUT2D eigenvalue weighted by Crippen LogP contribution is 2.21. The van der Waals surface area contributed by atoms with Gasteiger partial charge in [-0.2, -0.15) is 0 Å². The lowest BCUT2D eigenvalue weighted by Gasteiger charge is -2.35. The third-order valence-electron chi connectivity index (χ3n) is 5.76. The maximum atomic E-state index is 12.8. The Balaban J connectivity index is 1.51. The number of rotatable bonds is 5. The van der Waals surface area contributed by atoms with Crippen LogP contribution in [0.25, 0.3) is 0 Å². The minimum Gasteiger partial charge on any atom is -0.354 e. The number of nitrogens with zero attached hydrogens (tertiary/aromatic N) is 3. The van der Waals surface area contributed by atoms with Crippen LogP contribution >= 0.6 is 0 Å². The molecule has 0 amide bonds. The van der Waals surface area contributed by atoms with Gasteiger partial charge in [0.05, 0.1) is 0 Å². The molecule has 3 heterocycles. The third-order valence-corrected chi connectivity index (χ3v) is 5.76. The molecule has 1 atom stereocenters. The molecule has 3 aromatic rings. The molecule has 2 aromatic heterocycles. The highest BCUT2D eigenvalue weighted by molar-refractivity contribution is 6.07. The van der Waals surface area contributed by atoms with E-state index >= 15 is 0 Å². The van der Waals surface area contributed by atoms with E-state index in [9.17, 15) is 4.79 Å². The number of carbonyl (C=O) groups excluding carboxylic acids is 1. The standard InChI is InChI=1S/C25H28N4O/c1-17-12-18(2)22(19(3)13-17)14-21-16-29(11-10-27-21)24-8-4-7-23(28-24)25(30)20-6-5-9-26-15-20/h4-9,12-13,15,21,27H,10-11,14,16H2,1-3H3. The SMILES string of the molecule is Cc1cc(C)c(CC2CN(c3cccc(C(=O)c4cccnc4)n3)CCN2)c(C)c1. The van der Waals surface area contributed by atoms with E-state index in [-0.39, 0.29) is 5.78 Å². The lowest BCUT2D eigenvalue weighted by atomic mass is 9.93. The van der Waals surface area contributed by atoms with Crippen LogP contribution < -0.4 is 10.2 Å². The Bertz CT molecular complexity index is 1030. The largest absolute Gasteiger partial charge is 0.354 e. The number of pyridine rings is 2. The molecule has 1 aliphatic rings. The highest BCUT2D eigenvalue weighted by Gasteiger charge is 2.23. The molecular weight excluding hydrogens is 372 g/mol. The number of anilines is 1. The van der Waals surface area contributed by atoms with Crippen LogP contribution in [-0.2, 0) is 6.42 Å². The molecule has 1 aromatic carbocycles. The first-order valence-electron chi connectivity index (χ1n) is 10.5. The molecule has 1 saturated heterocycles. The number of carbonyl (C=O) groups is 1. The summed E-state index contributed by atoms with van der Waals surface area (Å²) in [5.74, 6) is 0.760. The van der Waals surface area contributed by atoms with Crippen LogP contribution in [0.3, 0.4) is 0 Å². The van der Waals surface area contributed by atoms with Crippen molar-refractivity contribution in [1.29, 1.82) is 0 Å². The first kappa shape index (κ1) is 20.2. The van der Waals surface area contributed by atoms with Gasteiger partial charge >= 0.3 is 0 Å². The molecule has 0 radical (unpaired) electrons. The lowest BCUT2D eigenvalue weighted by molar-refractivity contribution is 0.103. The van der Waals surface area contributed by atoms with Crippen molar-refractivity contribution < 1.29 is 4.79 Å². The molecule has 5 nitrogen and oxygen atoms in total. The molecule has 30 heavy (non-hydrogen) atoms. The molecule has 0 spiro atoms. The molecule has 4 rings (SSSR count). The van der Waals surface area contributed by atoms with Crippen LogP contribution in [0.2, 0.25) is 0 Å². The molecule has 1 N–H and O–H groups in total. The van der Waals surface area contributed by atoms with E-state index in [0.717, 1.165) is 31.9 Å². The fraction of sp³-hybridized carbons (Fsp3) is 0.320.